The van der Waals surface area contributed by atoms with Gasteiger partial charge in [0.25, 0.3) is 0 Å². The summed E-state index contributed by atoms with van der Waals surface area (Å²) in [6.07, 6.45) is 7.17. The molecule has 0 aromatic carbocycles. The molecule has 0 aliphatic heterocycles. The van der Waals surface area contributed by atoms with Crippen molar-refractivity contribution in [3.63, 3.8) is 0 Å². The van der Waals surface area contributed by atoms with Crippen molar-refractivity contribution in [3.05, 3.63) is 0 Å². The van der Waals surface area contributed by atoms with Gasteiger partial charge in [0, 0.05) is 0 Å². The van der Waals surface area contributed by atoms with Gasteiger partial charge in [0.05, 0.1) is 13.2 Å². The predicted octanol–water partition coefficient (Wildman–Crippen LogP) is 3.47. The maximum absolute atomic E-state index is 4.98. The van der Waals surface area contributed by atoms with E-state index in [1.807, 2.05) is 0 Å². The smallest absolute Gasteiger partial charge is 0.0822 e. The second-order valence-electron chi connectivity index (χ2n) is 3.06. The molecule has 0 atom stereocenters. The topological polar surface area (TPSA) is 18.5 Å². The Bertz CT molecular complexity index is 69.3. The maximum Gasteiger partial charge on any atom is 0.0822 e. The minimum absolute atomic E-state index is 0. The third kappa shape index (κ3) is 14.7. The molecule has 0 fully saturated rings. The normalized spacial score (nSPS) is 9.69. The summed E-state index contributed by atoms with van der Waals surface area (Å²) in [5.74, 6) is 0. The molecule has 0 spiro atoms. The Morgan fingerprint density at radius 2 is 1.08 bits per heavy atom. The summed E-state index contributed by atoms with van der Waals surface area (Å²) in [5.41, 5.74) is 0. The SMILES string of the molecule is CCCCCOOCCCCC.F. The fourth-order valence-corrected chi connectivity index (χ4v) is 0.940. The van der Waals surface area contributed by atoms with Crippen LogP contribution in [-0.4, -0.2) is 13.2 Å². The molecule has 0 aliphatic carbocycles. The van der Waals surface area contributed by atoms with Gasteiger partial charge in [0.2, 0.25) is 0 Å². The van der Waals surface area contributed by atoms with Gasteiger partial charge in [-0.25, -0.2) is 9.78 Å². The van der Waals surface area contributed by atoms with Gasteiger partial charge in [-0.1, -0.05) is 39.5 Å². The van der Waals surface area contributed by atoms with Crippen LogP contribution in [0.4, 0.5) is 4.70 Å². The molecule has 0 bridgehead atoms. The van der Waals surface area contributed by atoms with E-state index in [9.17, 15) is 0 Å². The first kappa shape index (κ1) is 15.3. The summed E-state index contributed by atoms with van der Waals surface area (Å²) < 4.78 is 0. The standard InChI is InChI=1S/C10H22O2.FH/c1-3-5-7-9-11-12-10-8-6-4-2;/h3-10H2,1-2H3;1H. The molecule has 0 unspecified atom stereocenters. The van der Waals surface area contributed by atoms with Crippen LogP contribution in [0.25, 0.3) is 0 Å². The zero-order valence-electron chi connectivity index (χ0n) is 8.88. The molecule has 0 heterocycles. The lowest BCUT2D eigenvalue weighted by molar-refractivity contribution is -0.295. The van der Waals surface area contributed by atoms with Gasteiger partial charge in [0.1, 0.15) is 0 Å². The molecule has 0 saturated heterocycles. The first-order valence-corrected chi connectivity index (χ1v) is 5.16. The van der Waals surface area contributed by atoms with E-state index in [-0.39, 0.29) is 4.70 Å². The predicted molar refractivity (Wildman–Crippen MR) is 53.5 cm³/mol. The van der Waals surface area contributed by atoms with Gasteiger partial charge in [-0.15, -0.1) is 0 Å². The number of hydrogen-bond acceptors (Lipinski definition) is 2. The van der Waals surface area contributed by atoms with Crippen molar-refractivity contribution in [1.29, 1.82) is 0 Å². The lowest BCUT2D eigenvalue weighted by atomic mass is 10.3. The van der Waals surface area contributed by atoms with Crippen LogP contribution in [0.5, 0.6) is 0 Å². The third-order valence-electron chi connectivity index (χ3n) is 1.75. The minimum Gasteiger partial charge on any atom is -0.269 e. The van der Waals surface area contributed by atoms with Crippen molar-refractivity contribution in [3.8, 4) is 0 Å². The Morgan fingerprint density at radius 3 is 1.38 bits per heavy atom. The van der Waals surface area contributed by atoms with Gasteiger partial charge in [-0.05, 0) is 12.8 Å². The van der Waals surface area contributed by atoms with E-state index in [1.165, 1.54) is 25.7 Å². The summed E-state index contributed by atoms with van der Waals surface area (Å²) in [7, 11) is 0. The molecule has 0 saturated carbocycles. The van der Waals surface area contributed by atoms with Gasteiger partial charge in [-0.3, -0.25) is 4.70 Å². The Labute approximate surface area is 80.9 Å². The fraction of sp³-hybridized carbons (Fsp3) is 1.00. The number of hydrogen-bond donors (Lipinski definition) is 0. The second kappa shape index (κ2) is 14.4. The van der Waals surface area contributed by atoms with E-state index >= 15 is 0 Å². The first-order valence-electron chi connectivity index (χ1n) is 5.16. The van der Waals surface area contributed by atoms with Crippen LogP contribution in [0.1, 0.15) is 52.4 Å². The summed E-state index contributed by atoms with van der Waals surface area (Å²) in [5, 5.41) is 0. The lowest BCUT2D eigenvalue weighted by Crippen LogP contribution is -1.98. The van der Waals surface area contributed by atoms with Crippen molar-refractivity contribution in [1.82, 2.24) is 0 Å². The van der Waals surface area contributed by atoms with Crippen molar-refractivity contribution < 1.29 is 14.5 Å². The molecule has 0 amide bonds. The van der Waals surface area contributed by atoms with Gasteiger partial charge < -0.3 is 0 Å². The van der Waals surface area contributed by atoms with Crippen LogP contribution in [0.3, 0.4) is 0 Å². The fourth-order valence-electron chi connectivity index (χ4n) is 0.940. The van der Waals surface area contributed by atoms with Crippen LogP contribution in [0, 0.1) is 0 Å². The highest BCUT2D eigenvalue weighted by Crippen LogP contribution is 1.97. The molecule has 0 rings (SSSR count). The number of halogens is 1. The Kier molecular flexibility index (Phi) is 17.0. The monoisotopic (exact) mass is 194 g/mol. The summed E-state index contributed by atoms with van der Waals surface area (Å²) in [6, 6.07) is 0. The van der Waals surface area contributed by atoms with E-state index in [2.05, 4.69) is 13.8 Å². The van der Waals surface area contributed by atoms with Crippen LogP contribution in [-0.2, 0) is 9.78 Å². The molecule has 0 aliphatic rings. The van der Waals surface area contributed by atoms with Crippen LogP contribution in [0.2, 0.25) is 0 Å². The molecule has 2 nitrogen and oxygen atoms in total. The third-order valence-corrected chi connectivity index (χ3v) is 1.75. The van der Waals surface area contributed by atoms with Crippen molar-refractivity contribution in [2.24, 2.45) is 0 Å². The van der Waals surface area contributed by atoms with E-state index in [4.69, 9.17) is 9.78 Å². The molecule has 82 valence electrons. The average Bonchev–Trinajstić information content (AvgIpc) is 2.10. The average molecular weight is 194 g/mol. The molecular formula is C10H23FO2. The molecule has 0 radical (unpaired) electrons. The molecule has 3 heteroatoms. The zero-order valence-corrected chi connectivity index (χ0v) is 8.88. The molecule has 0 aromatic rings. The van der Waals surface area contributed by atoms with Crippen LogP contribution in [0.15, 0.2) is 0 Å². The summed E-state index contributed by atoms with van der Waals surface area (Å²) in [4.78, 5) is 9.96. The highest BCUT2D eigenvalue weighted by Gasteiger charge is 1.89. The highest BCUT2D eigenvalue weighted by atomic mass is 19.0. The van der Waals surface area contributed by atoms with Crippen molar-refractivity contribution in [2.45, 2.75) is 52.4 Å². The quantitative estimate of drug-likeness (QED) is 0.318. The van der Waals surface area contributed by atoms with E-state index in [0.29, 0.717) is 0 Å². The molecule has 0 N–H and O–H groups in total. The second-order valence-corrected chi connectivity index (χ2v) is 3.06. The summed E-state index contributed by atoms with van der Waals surface area (Å²) in [6.45, 7) is 5.87. The molecule has 13 heavy (non-hydrogen) atoms. The largest absolute Gasteiger partial charge is 0.269 e. The Hall–Kier alpha value is -0.150. The van der Waals surface area contributed by atoms with E-state index in [1.54, 1.807) is 0 Å². The van der Waals surface area contributed by atoms with Gasteiger partial charge in [-0.2, -0.15) is 0 Å². The van der Waals surface area contributed by atoms with Crippen molar-refractivity contribution in [2.75, 3.05) is 13.2 Å². The van der Waals surface area contributed by atoms with Crippen LogP contribution >= 0.6 is 0 Å². The molecule has 0 aromatic heterocycles. The van der Waals surface area contributed by atoms with Gasteiger partial charge in [0.15, 0.2) is 0 Å². The van der Waals surface area contributed by atoms with Crippen molar-refractivity contribution >= 4 is 0 Å². The van der Waals surface area contributed by atoms with Crippen LogP contribution < -0.4 is 0 Å². The summed E-state index contributed by atoms with van der Waals surface area (Å²) >= 11 is 0. The van der Waals surface area contributed by atoms with E-state index < -0.39 is 0 Å². The first-order chi connectivity index (χ1) is 5.91. The maximum atomic E-state index is 4.98. The highest BCUT2D eigenvalue weighted by molar-refractivity contribution is 4.34. The minimum atomic E-state index is 0. The number of rotatable bonds is 9. The lowest BCUT2D eigenvalue weighted by Gasteiger charge is -2.02. The number of unbranched alkanes of at least 4 members (excludes halogenated alkanes) is 4. The van der Waals surface area contributed by atoms with E-state index in [0.717, 1.165) is 26.1 Å². The molecular weight excluding hydrogens is 171 g/mol. The van der Waals surface area contributed by atoms with Gasteiger partial charge >= 0.3 is 0 Å². The Balaban J connectivity index is 0. The Morgan fingerprint density at radius 1 is 0.692 bits per heavy atom. The zero-order chi connectivity index (χ0) is 9.07.